The molecule has 3 rings (SSSR count). The summed E-state index contributed by atoms with van der Waals surface area (Å²) in [6, 6.07) is 1.41. The van der Waals surface area contributed by atoms with Crippen LogP contribution >= 0.6 is 0 Å². The van der Waals surface area contributed by atoms with E-state index >= 15 is 0 Å². The lowest BCUT2D eigenvalue weighted by Gasteiger charge is -2.30. The van der Waals surface area contributed by atoms with E-state index in [2.05, 4.69) is 15.2 Å². The molecule has 9 nitrogen and oxygen atoms in total. The van der Waals surface area contributed by atoms with E-state index in [-0.39, 0.29) is 29.7 Å². The lowest BCUT2D eigenvalue weighted by Crippen LogP contribution is -2.38. The Kier molecular flexibility index (Phi) is 5.72. The highest BCUT2D eigenvalue weighted by Gasteiger charge is 2.33. The van der Waals surface area contributed by atoms with Gasteiger partial charge in [-0.2, -0.15) is 22.6 Å². The number of piperidine rings is 1. The predicted molar refractivity (Wildman–Crippen MR) is 95.7 cm³/mol. The van der Waals surface area contributed by atoms with E-state index in [1.165, 1.54) is 16.6 Å². The number of imidazole rings is 1. The maximum absolute atomic E-state index is 12.7. The molecular weight excluding hydrogens is 413 g/mol. The number of aromatic nitrogens is 4. The predicted octanol–water partition coefficient (Wildman–Crippen LogP) is 1.31. The molecule has 1 saturated heterocycles. The number of sulfonamides is 1. The maximum Gasteiger partial charge on any atom is 0.405 e. The summed E-state index contributed by atoms with van der Waals surface area (Å²) in [4.78, 5) is 15.9. The van der Waals surface area contributed by atoms with Crippen LogP contribution in [0.5, 0.6) is 0 Å². The summed E-state index contributed by atoms with van der Waals surface area (Å²) in [5.41, 5.74) is 0.455. The zero-order valence-corrected chi connectivity index (χ0v) is 16.6. The van der Waals surface area contributed by atoms with E-state index in [0.29, 0.717) is 24.4 Å². The molecule has 0 radical (unpaired) electrons. The van der Waals surface area contributed by atoms with Crippen molar-refractivity contribution in [2.75, 3.05) is 19.6 Å². The highest BCUT2D eigenvalue weighted by molar-refractivity contribution is 7.89. The van der Waals surface area contributed by atoms with Gasteiger partial charge in [0.25, 0.3) is 15.9 Å². The number of aromatic amines is 1. The van der Waals surface area contributed by atoms with Crippen molar-refractivity contribution in [2.45, 2.75) is 36.9 Å². The third kappa shape index (κ3) is 4.78. The zero-order valence-electron chi connectivity index (χ0n) is 15.8. The maximum atomic E-state index is 12.7. The van der Waals surface area contributed by atoms with Crippen LogP contribution in [0.3, 0.4) is 0 Å². The molecule has 3 heterocycles. The first-order chi connectivity index (χ1) is 13.5. The molecule has 0 atom stereocenters. The Bertz CT molecular complexity index is 970. The molecule has 0 saturated carbocycles. The molecule has 1 aliphatic rings. The second-order valence-corrected chi connectivity index (χ2v) is 8.81. The summed E-state index contributed by atoms with van der Waals surface area (Å²) in [6.07, 6.45) is -2.07. The van der Waals surface area contributed by atoms with Crippen LogP contribution in [0.25, 0.3) is 0 Å². The van der Waals surface area contributed by atoms with E-state index in [0.717, 1.165) is 0 Å². The molecule has 1 amide bonds. The molecule has 160 valence electrons. The quantitative estimate of drug-likeness (QED) is 0.737. The molecule has 0 aliphatic carbocycles. The first kappa shape index (κ1) is 21.3. The minimum absolute atomic E-state index is 0.00103. The van der Waals surface area contributed by atoms with Gasteiger partial charge >= 0.3 is 6.18 Å². The smallest absolute Gasteiger partial charge is 0.342 e. The van der Waals surface area contributed by atoms with Crippen molar-refractivity contribution in [2.24, 2.45) is 7.05 Å². The Labute approximate surface area is 165 Å². The van der Waals surface area contributed by atoms with Crippen molar-refractivity contribution >= 4 is 15.9 Å². The van der Waals surface area contributed by atoms with Crippen molar-refractivity contribution in [3.05, 3.63) is 29.5 Å². The number of rotatable bonds is 5. The summed E-state index contributed by atoms with van der Waals surface area (Å²) in [6.45, 7) is 0.803. The SMILES string of the molecule is Cc1nc(S(=O)(=O)N2CCC(c3cc(C(=O)NCC(F)(F)F)n[nH]3)CC2)cn1C. The Morgan fingerprint density at radius 1 is 1.34 bits per heavy atom. The van der Waals surface area contributed by atoms with Crippen LogP contribution in [0, 0.1) is 6.92 Å². The van der Waals surface area contributed by atoms with Gasteiger partial charge in [0.1, 0.15) is 18.1 Å². The van der Waals surface area contributed by atoms with Gasteiger partial charge in [-0.25, -0.2) is 13.4 Å². The minimum Gasteiger partial charge on any atom is -0.342 e. The minimum atomic E-state index is -4.50. The Morgan fingerprint density at radius 2 is 2.00 bits per heavy atom. The number of hydrogen-bond acceptors (Lipinski definition) is 5. The summed E-state index contributed by atoms with van der Waals surface area (Å²) in [7, 11) is -1.98. The molecule has 29 heavy (non-hydrogen) atoms. The van der Waals surface area contributed by atoms with Crippen LogP contribution in [-0.2, 0) is 17.1 Å². The summed E-state index contributed by atoms with van der Waals surface area (Å²) < 4.78 is 65.1. The van der Waals surface area contributed by atoms with Crippen molar-refractivity contribution in [3.63, 3.8) is 0 Å². The highest BCUT2D eigenvalue weighted by Crippen LogP contribution is 2.30. The molecule has 13 heteroatoms. The van der Waals surface area contributed by atoms with E-state index in [1.807, 2.05) is 0 Å². The first-order valence-corrected chi connectivity index (χ1v) is 10.3. The Hall–Kier alpha value is -2.41. The molecule has 2 aromatic heterocycles. The van der Waals surface area contributed by atoms with Crippen molar-refractivity contribution < 1.29 is 26.4 Å². The molecule has 2 N–H and O–H groups in total. The molecule has 2 aromatic rings. The van der Waals surface area contributed by atoms with Crippen LogP contribution in [-0.4, -0.2) is 64.2 Å². The van der Waals surface area contributed by atoms with E-state index in [1.54, 1.807) is 23.9 Å². The normalized spacial score (nSPS) is 16.9. The lowest BCUT2D eigenvalue weighted by atomic mass is 9.94. The number of nitrogens with one attached hydrogen (secondary N) is 2. The largest absolute Gasteiger partial charge is 0.405 e. The molecular formula is C16H21F3N6O3S. The van der Waals surface area contributed by atoms with Crippen molar-refractivity contribution in [3.8, 4) is 0 Å². The highest BCUT2D eigenvalue weighted by atomic mass is 32.2. The number of halogens is 3. The summed E-state index contributed by atoms with van der Waals surface area (Å²) in [5.74, 6) is -0.411. The molecule has 0 spiro atoms. The molecule has 0 unspecified atom stereocenters. The number of carbonyl (C=O) groups is 1. The number of alkyl halides is 3. The molecule has 1 fully saturated rings. The van der Waals surface area contributed by atoms with Crippen LogP contribution in [0.4, 0.5) is 13.2 Å². The van der Waals surface area contributed by atoms with Gasteiger partial charge in [0.2, 0.25) is 0 Å². The van der Waals surface area contributed by atoms with E-state index < -0.39 is 28.7 Å². The lowest BCUT2D eigenvalue weighted by molar-refractivity contribution is -0.123. The third-order valence-electron chi connectivity index (χ3n) is 4.86. The van der Waals surface area contributed by atoms with Crippen LogP contribution in [0.2, 0.25) is 0 Å². The summed E-state index contributed by atoms with van der Waals surface area (Å²) >= 11 is 0. The number of carbonyl (C=O) groups excluding carboxylic acids is 1. The standard InChI is InChI=1S/C16H21F3N6O3S/c1-10-21-14(8-24(10)2)29(27,28)25-5-3-11(4-6-25)12-7-13(23-22-12)15(26)20-9-16(17,18)19/h7-8,11H,3-6,9H2,1-2H3,(H,20,26)(H,22,23). The van der Waals surface area contributed by atoms with Gasteiger partial charge in [0.15, 0.2) is 5.03 Å². The number of nitrogens with zero attached hydrogens (tertiary/aromatic N) is 4. The molecule has 0 bridgehead atoms. The van der Waals surface area contributed by atoms with Crippen LogP contribution < -0.4 is 5.32 Å². The monoisotopic (exact) mass is 434 g/mol. The fraction of sp³-hybridized carbons (Fsp3) is 0.562. The fourth-order valence-electron chi connectivity index (χ4n) is 3.12. The summed E-state index contributed by atoms with van der Waals surface area (Å²) in [5, 5.41) is 8.21. The Morgan fingerprint density at radius 3 is 2.55 bits per heavy atom. The van der Waals surface area contributed by atoms with Gasteiger partial charge in [0, 0.05) is 37.9 Å². The fourth-order valence-corrected chi connectivity index (χ4v) is 4.62. The average Bonchev–Trinajstić information content (AvgIpc) is 3.27. The van der Waals surface area contributed by atoms with Crippen molar-refractivity contribution in [1.29, 1.82) is 0 Å². The van der Waals surface area contributed by atoms with Gasteiger partial charge < -0.3 is 9.88 Å². The molecule has 0 aromatic carbocycles. The third-order valence-corrected chi connectivity index (χ3v) is 6.63. The zero-order chi connectivity index (χ0) is 21.4. The van der Waals surface area contributed by atoms with Gasteiger partial charge in [-0.15, -0.1) is 0 Å². The second kappa shape index (κ2) is 7.78. The van der Waals surface area contributed by atoms with Gasteiger partial charge in [-0.05, 0) is 25.8 Å². The van der Waals surface area contributed by atoms with Gasteiger partial charge in [-0.1, -0.05) is 0 Å². The number of amides is 1. The van der Waals surface area contributed by atoms with Gasteiger partial charge in [-0.3, -0.25) is 9.89 Å². The van der Waals surface area contributed by atoms with Crippen LogP contribution in [0.1, 0.15) is 40.8 Å². The van der Waals surface area contributed by atoms with Gasteiger partial charge in [0.05, 0.1) is 0 Å². The number of H-pyrrole nitrogens is 1. The first-order valence-electron chi connectivity index (χ1n) is 8.88. The second-order valence-electron chi connectivity index (χ2n) is 6.92. The van der Waals surface area contributed by atoms with Crippen molar-refractivity contribution in [1.82, 2.24) is 29.4 Å². The number of aryl methyl sites for hydroxylation is 2. The van der Waals surface area contributed by atoms with Crippen LogP contribution in [0.15, 0.2) is 17.3 Å². The topological polar surface area (TPSA) is 113 Å². The Balaban J connectivity index is 1.61. The molecule has 1 aliphatic heterocycles. The van der Waals surface area contributed by atoms with E-state index in [9.17, 15) is 26.4 Å². The number of hydrogen-bond donors (Lipinski definition) is 2. The van der Waals surface area contributed by atoms with E-state index in [4.69, 9.17) is 0 Å². The average molecular weight is 434 g/mol.